The molecule has 0 radical (unpaired) electrons. The maximum absolute atomic E-state index is 13.2. The third kappa shape index (κ3) is 3.72. The van der Waals surface area contributed by atoms with E-state index < -0.39 is 0 Å². The lowest BCUT2D eigenvalue weighted by Gasteiger charge is -2.22. The van der Waals surface area contributed by atoms with Crippen molar-refractivity contribution < 1.29 is 13.6 Å². The van der Waals surface area contributed by atoms with Gasteiger partial charge in [-0.25, -0.2) is 0 Å². The molecule has 0 saturated carbocycles. The van der Waals surface area contributed by atoms with Gasteiger partial charge in [0.05, 0.1) is 25.5 Å². The van der Waals surface area contributed by atoms with Crippen LogP contribution in [0.5, 0.6) is 0 Å². The predicted octanol–water partition coefficient (Wildman–Crippen LogP) is 5.41. The van der Waals surface area contributed by atoms with Crippen LogP contribution in [-0.2, 0) is 24.3 Å². The van der Waals surface area contributed by atoms with Crippen molar-refractivity contribution >= 4 is 16.9 Å². The Bertz CT molecular complexity index is 1080. The molecule has 0 aliphatic carbocycles. The third-order valence-electron chi connectivity index (χ3n) is 5.18. The van der Waals surface area contributed by atoms with E-state index in [1.54, 1.807) is 12.5 Å². The van der Waals surface area contributed by atoms with E-state index in [0.29, 0.717) is 19.5 Å². The molecule has 0 aliphatic heterocycles. The predicted molar refractivity (Wildman–Crippen MR) is 109 cm³/mol. The van der Waals surface area contributed by atoms with Crippen molar-refractivity contribution in [2.24, 2.45) is 0 Å². The van der Waals surface area contributed by atoms with Crippen LogP contribution in [0.15, 0.2) is 76.0 Å². The number of amides is 1. The van der Waals surface area contributed by atoms with Crippen molar-refractivity contribution in [3.63, 3.8) is 0 Å². The highest BCUT2D eigenvalue weighted by atomic mass is 16.3. The van der Waals surface area contributed by atoms with Crippen LogP contribution >= 0.6 is 0 Å². The number of benzene rings is 2. The summed E-state index contributed by atoms with van der Waals surface area (Å²) in [6.07, 6.45) is 3.64. The molecule has 0 aliphatic rings. The molecule has 2 aromatic carbocycles. The van der Waals surface area contributed by atoms with Gasteiger partial charge in [0.1, 0.15) is 11.3 Å². The van der Waals surface area contributed by atoms with E-state index in [0.717, 1.165) is 33.4 Å². The van der Waals surface area contributed by atoms with E-state index in [1.807, 2.05) is 60.4 Å². The third-order valence-corrected chi connectivity index (χ3v) is 5.18. The van der Waals surface area contributed by atoms with E-state index in [4.69, 9.17) is 8.83 Å². The van der Waals surface area contributed by atoms with Crippen LogP contribution in [0.2, 0.25) is 0 Å². The molecule has 4 aromatic rings. The van der Waals surface area contributed by atoms with Crippen LogP contribution < -0.4 is 0 Å². The SMILES string of the molecule is Cc1ccc2c(CC(=O)N(Cc3ccccc3)Cc3ccco3)coc2c1C. The minimum Gasteiger partial charge on any atom is -0.467 e. The zero-order chi connectivity index (χ0) is 19.5. The Balaban J connectivity index is 1.59. The maximum atomic E-state index is 13.2. The quantitative estimate of drug-likeness (QED) is 0.454. The van der Waals surface area contributed by atoms with Crippen LogP contribution in [0.3, 0.4) is 0 Å². The highest BCUT2D eigenvalue weighted by molar-refractivity contribution is 5.89. The second kappa shape index (κ2) is 7.77. The summed E-state index contributed by atoms with van der Waals surface area (Å²) in [5.74, 6) is 0.814. The van der Waals surface area contributed by atoms with Crippen LogP contribution in [0, 0.1) is 13.8 Å². The molecular weight excluding hydrogens is 350 g/mol. The lowest BCUT2D eigenvalue weighted by atomic mass is 10.0. The fourth-order valence-corrected chi connectivity index (χ4v) is 3.43. The molecule has 0 unspecified atom stereocenters. The summed E-state index contributed by atoms with van der Waals surface area (Å²) >= 11 is 0. The fraction of sp³-hybridized carbons (Fsp3) is 0.208. The Morgan fingerprint density at radius 2 is 1.75 bits per heavy atom. The Kier molecular flexibility index (Phi) is 5.02. The largest absolute Gasteiger partial charge is 0.467 e. The number of rotatable bonds is 6. The minimum atomic E-state index is 0.0428. The van der Waals surface area contributed by atoms with E-state index in [9.17, 15) is 4.79 Å². The molecule has 4 heteroatoms. The van der Waals surface area contributed by atoms with Gasteiger partial charge in [0.15, 0.2) is 0 Å². The second-order valence-electron chi connectivity index (χ2n) is 7.14. The average Bonchev–Trinajstić information content (AvgIpc) is 3.35. The van der Waals surface area contributed by atoms with E-state index >= 15 is 0 Å². The average molecular weight is 373 g/mol. The molecule has 142 valence electrons. The molecule has 0 N–H and O–H groups in total. The van der Waals surface area contributed by atoms with Crippen molar-refractivity contribution in [3.8, 4) is 0 Å². The Morgan fingerprint density at radius 3 is 2.50 bits per heavy atom. The van der Waals surface area contributed by atoms with Crippen LogP contribution in [0.25, 0.3) is 11.0 Å². The molecule has 0 saturated heterocycles. The van der Waals surface area contributed by atoms with Gasteiger partial charge >= 0.3 is 0 Å². The molecule has 1 amide bonds. The van der Waals surface area contributed by atoms with Gasteiger partial charge in [0.2, 0.25) is 5.91 Å². The first-order valence-electron chi connectivity index (χ1n) is 9.42. The molecule has 4 rings (SSSR count). The monoisotopic (exact) mass is 373 g/mol. The van der Waals surface area contributed by atoms with Crippen LogP contribution in [0.1, 0.15) is 28.0 Å². The van der Waals surface area contributed by atoms with Crippen molar-refractivity contribution in [1.82, 2.24) is 4.90 Å². The molecule has 28 heavy (non-hydrogen) atoms. The first-order chi connectivity index (χ1) is 13.6. The topological polar surface area (TPSA) is 46.6 Å². The summed E-state index contributed by atoms with van der Waals surface area (Å²) in [5, 5.41) is 1.01. The molecule has 4 nitrogen and oxygen atoms in total. The number of furan rings is 2. The lowest BCUT2D eigenvalue weighted by molar-refractivity contribution is -0.132. The smallest absolute Gasteiger partial charge is 0.227 e. The number of hydrogen-bond acceptors (Lipinski definition) is 3. The Morgan fingerprint density at radius 1 is 0.929 bits per heavy atom. The van der Waals surface area contributed by atoms with Gasteiger partial charge < -0.3 is 13.7 Å². The van der Waals surface area contributed by atoms with Crippen molar-refractivity contribution in [2.45, 2.75) is 33.4 Å². The molecule has 0 bridgehead atoms. The normalized spacial score (nSPS) is 11.1. The highest BCUT2D eigenvalue weighted by Crippen LogP contribution is 2.27. The standard InChI is InChI=1S/C24H23NO3/c1-17-10-11-22-20(16-28-24(22)18(17)2)13-23(26)25(15-21-9-6-12-27-21)14-19-7-4-3-5-8-19/h3-12,16H,13-15H2,1-2H3. The number of carbonyl (C=O) groups excluding carboxylic acids is 1. The Hall–Kier alpha value is -3.27. The van der Waals surface area contributed by atoms with Crippen molar-refractivity contribution in [3.05, 3.63) is 95.1 Å². The van der Waals surface area contributed by atoms with Crippen molar-refractivity contribution in [2.75, 3.05) is 0 Å². The summed E-state index contributed by atoms with van der Waals surface area (Å²) in [6, 6.07) is 17.9. The summed E-state index contributed by atoms with van der Waals surface area (Å²) in [7, 11) is 0. The molecule has 2 heterocycles. The second-order valence-corrected chi connectivity index (χ2v) is 7.14. The zero-order valence-corrected chi connectivity index (χ0v) is 16.1. The number of fused-ring (bicyclic) bond motifs is 1. The first kappa shape index (κ1) is 18.1. The van der Waals surface area contributed by atoms with Gasteiger partial charge in [-0.05, 0) is 42.7 Å². The maximum Gasteiger partial charge on any atom is 0.227 e. The van der Waals surface area contributed by atoms with Gasteiger partial charge in [0, 0.05) is 17.5 Å². The molecule has 0 fully saturated rings. The van der Waals surface area contributed by atoms with Gasteiger partial charge in [-0.15, -0.1) is 0 Å². The van der Waals surface area contributed by atoms with Crippen molar-refractivity contribution in [1.29, 1.82) is 0 Å². The summed E-state index contributed by atoms with van der Waals surface area (Å²) in [4.78, 5) is 15.0. The number of nitrogens with zero attached hydrogens (tertiary/aromatic N) is 1. The molecular formula is C24H23NO3. The van der Waals surface area contributed by atoms with Gasteiger partial charge in [-0.1, -0.05) is 42.5 Å². The molecule has 0 atom stereocenters. The Labute approximate surface area is 164 Å². The fourth-order valence-electron chi connectivity index (χ4n) is 3.43. The van der Waals surface area contributed by atoms with Crippen LogP contribution in [0.4, 0.5) is 0 Å². The molecule has 2 aromatic heterocycles. The minimum absolute atomic E-state index is 0.0428. The first-order valence-corrected chi connectivity index (χ1v) is 9.42. The van der Waals surface area contributed by atoms with Gasteiger partial charge in [0.25, 0.3) is 0 Å². The summed E-state index contributed by atoms with van der Waals surface area (Å²) in [6.45, 7) is 5.08. The van der Waals surface area contributed by atoms with E-state index in [1.165, 1.54) is 5.56 Å². The van der Waals surface area contributed by atoms with Crippen LogP contribution in [-0.4, -0.2) is 10.8 Å². The van der Waals surface area contributed by atoms with E-state index in [2.05, 4.69) is 13.0 Å². The number of carbonyl (C=O) groups is 1. The van der Waals surface area contributed by atoms with Gasteiger partial charge in [-0.3, -0.25) is 4.79 Å². The number of hydrogen-bond donors (Lipinski definition) is 0. The summed E-state index contributed by atoms with van der Waals surface area (Å²) < 4.78 is 11.2. The summed E-state index contributed by atoms with van der Waals surface area (Å²) in [5.41, 5.74) is 5.17. The van der Waals surface area contributed by atoms with Gasteiger partial charge in [-0.2, -0.15) is 0 Å². The van der Waals surface area contributed by atoms with E-state index in [-0.39, 0.29) is 5.91 Å². The molecule has 0 spiro atoms. The number of aryl methyl sites for hydroxylation is 2. The zero-order valence-electron chi connectivity index (χ0n) is 16.1. The highest BCUT2D eigenvalue weighted by Gasteiger charge is 2.19. The lowest BCUT2D eigenvalue weighted by Crippen LogP contribution is -2.31.